The summed E-state index contributed by atoms with van der Waals surface area (Å²) in [6.07, 6.45) is 0. The molecule has 0 nitrogen and oxygen atoms in total. The summed E-state index contributed by atoms with van der Waals surface area (Å²) in [5.41, 5.74) is 1.23. The molecule has 82 valence electrons. The van der Waals surface area contributed by atoms with Crippen molar-refractivity contribution >= 4 is 34.7 Å². The van der Waals surface area contributed by atoms with Crippen molar-refractivity contribution in [2.75, 3.05) is 0 Å². The molecule has 0 fully saturated rings. The molecule has 0 bridgehead atoms. The van der Waals surface area contributed by atoms with E-state index in [4.69, 9.17) is 0 Å². The second kappa shape index (κ2) is 3.46. The highest BCUT2D eigenvalue weighted by molar-refractivity contribution is 6.08. The van der Waals surface area contributed by atoms with Crippen LogP contribution in [0.5, 0.6) is 0 Å². The van der Waals surface area contributed by atoms with Crippen molar-refractivity contribution in [3.63, 3.8) is 0 Å². The van der Waals surface area contributed by atoms with Crippen molar-refractivity contribution in [3.05, 3.63) is 58.5 Å². The van der Waals surface area contributed by atoms with Gasteiger partial charge in [-0.05, 0) is 44.5 Å². The predicted octanol–water partition coefficient (Wildman–Crippen LogP) is 3.12. The number of hydrogen-bond acceptors (Lipinski definition) is 0. The number of fused-ring (bicyclic) bond motifs is 3. The van der Waals surface area contributed by atoms with Gasteiger partial charge >= 0.3 is 0 Å². The summed E-state index contributed by atoms with van der Waals surface area (Å²) in [5.74, 6) is 0. The van der Waals surface area contributed by atoms with Gasteiger partial charge in [0.1, 0.15) is 0 Å². The predicted molar refractivity (Wildman–Crippen MR) is 76.5 cm³/mol. The third-order valence-corrected chi connectivity index (χ3v) is 3.45. The Morgan fingerprint density at radius 3 is 2.18 bits per heavy atom. The van der Waals surface area contributed by atoms with E-state index in [0.29, 0.717) is 0 Å². The van der Waals surface area contributed by atoms with E-state index in [0.717, 1.165) is 10.4 Å². The number of rotatable bonds is 0. The molecule has 0 atom stereocenters. The highest BCUT2D eigenvalue weighted by atomic mass is 14.1. The molecule has 0 aromatic heterocycles. The topological polar surface area (TPSA) is 0 Å². The first-order valence-corrected chi connectivity index (χ1v) is 5.77. The Hall–Kier alpha value is -2.08. The Labute approximate surface area is 101 Å². The van der Waals surface area contributed by atoms with Gasteiger partial charge in [0.05, 0.1) is 0 Å². The van der Waals surface area contributed by atoms with Gasteiger partial charge in [-0.2, -0.15) is 0 Å². The van der Waals surface area contributed by atoms with Crippen LogP contribution in [0.15, 0.2) is 42.5 Å². The average molecular weight is 218 g/mol. The molecule has 0 saturated carbocycles. The van der Waals surface area contributed by atoms with Crippen LogP contribution >= 0.6 is 0 Å². The Morgan fingerprint density at radius 2 is 1.41 bits per heavy atom. The molecule has 0 N–H and O–H groups in total. The first-order valence-electron chi connectivity index (χ1n) is 5.77. The fourth-order valence-corrected chi connectivity index (χ4v) is 2.45. The molecule has 0 aliphatic rings. The maximum absolute atomic E-state index is 4.21. The largest absolute Gasteiger partial charge is 0.0911 e. The highest BCUT2D eigenvalue weighted by Gasteiger charge is 2.03. The van der Waals surface area contributed by atoms with E-state index in [2.05, 4.69) is 62.5 Å². The van der Waals surface area contributed by atoms with Crippen molar-refractivity contribution in [1.82, 2.24) is 0 Å². The number of hydrogen-bond donors (Lipinski definition) is 0. The summed E-state index contributed by atoms with van der Waals surface area (Å²) >= 11 is 0. The Morgan fingerprint density at radius 1 is 0.765 bits per heavy atom. The zero-order valence-corrected chi connectivity index (χ0v) is 9.96. The quantitative estimate of drug-likeness (QED) is 0.509. The van der Waals surface area contributed by atoms with Gasteiger partial charge < -0.3 is 0 Å². The molecule has 0 aliphatic heterocycles. The molecular formula is C17H14. The second-order valence-electron chi connectivity index (χ2n) is 4.54. The molecule has 0 aliphatic carbocycles. The number of benzene rings is 3. The monoisotopic (exact) mass is 218 g/mol. The molecule has 0 heteroatoms. The lowest BCUT2D eigenvalue weighted by atomic mass is 9.97. The van der Waals surface area contributed by atoms with Crippen LogP contribution in [0.1, 0.15) is 5.56 Å². The second-order valence-corrected chi connectivity index (χ2v) is 4.54. The smallest absolute Gasteiger partial charge is 0.00303 e. The van der Waals surface area contributed by atoms with Gasteiger partial charge in [0.2, 0.25) is 0 Å². The normalized spacial score (nSPS) is 11.1. The van der Waals surface area contributed by atoms with Gasteiger partial charge in [0, 0.05) is 0 Å². The van der Waals surface area contributed by atoms with Gasteiger partial charge in [-0.3, -0.25) is 0 Å². The molecular weight excluding hydrogens is 204 g/mol. The Bertz CT molecular complexity index is 826. The standard InChI is InChI=1S/C17H14/c1-11-7-8-15-10-9-14-6-4-5-12(2)16(14)17(15)13(11)3/h4-10H,2-3H2,1H3. The lowest BCUT2D eigenvalue weighted by Gasteiger charge is -2.07. The van der Waals surface area contributed by atoms with E-state index < -0.39 is 0 Å². The van der Waals surface area contributed by atoms with Crippen LogP contribution in [0.3, 0.4) is 0 Å². The first-order chi connectivity index (χ1) is 8.18. The van der Waals surface area contributed by atoms with E-state index in [1.165, 1.54) is 27.1 Å². The van der Waals surface area contributed by atoms with Gasteiger partial charge in [0.25, 0.3) is 0 Å². The molecule has 0 amide bonds. The molecule has 17 heavy (non-hydrogen) atoms. The lowest BCUT2D eigenvalue weighted by Crippen LogP contribution is -2.09. The van der Waals surface area contributed by atoms with Gasteiger partial charge in [-0.15, -0.1) is 0 Å². The molecule has 0 heterocycles. The minimum atomic E-state index is 1.07. The summed E-state index contributed by atoms with van der Waals surface area (Å²) in [7, 11) is 0. The van der Waals surface area contributed by atoms with Crippen LogP contribution < -0.4 is 10.4 Å². The molecule has 3 rings (SSSR count). The maximum Gasteiger partial charge on any atom is -0.00303 e. The van der Waals surface area contributed by atoms with Crippen molar-refractivity contribution in [2.24, 2.45) is 0 Å². The zero-order valence-electron chi connectivity index (χ0n) is 9.96. The third kappa shape index (κ3) is 1.38. The summed E-state index contributed by atoms with van der Waals surface area (Å²) in [5, 5.41) is 7.14. The first kappa shape index (κ1) is 10.1. The molecule has 3 aromatic carbocycles. The lowest BCUT2D eigenvalue weighted by molar-refractivity contribution is 1.46. The number of aryl methyl sites for hydroxylation is 1. The SMILES string of the molecule is C=c1cccc2ccc3ccc(C)c(=C)c3c12. The summed E-state index contributed by atoms with van der Waals surface area (Å²) in [4.78, 5) is 0. The van der Waals surface area contributed by atoms with Crippen molar-refractivity contribution in [2.45, 2.75) is 6.92 Å². The fraction of sp³-hybridized carbons (Fsp3) is 0.0588. The minimum Gasteiger partial charge on any atom is -0.0911 e. The van der Waals surface area contributed by atoms with Crippen LogP contribution in [-0.4, -0.2) is 0 Å². The molecule has 3 aromatic rings. The van der Waals surface area contributed by atoms with Crippen LogP contribution in [0.4, 0.5) is 0 Å². The van der Waals surface area contributed by atoms with E-state index >= 15 is 0 Å². The van der Waals surface area contributed by atoms with Gasteiger partial charge in [0.15, 0.2) is 0 Å². The molecule has 0 radical (unpaired) electrons. The van der Waals surface area contributed by atoms with E-state index in [-0.39, 0.29) is 0 Å². The molecule has 0 spiro atoms. The average Bonchev–Trinajstić information content (AvgIpc) is 2.34. The summed E-state index contributed by atoms with van der Waals surface area (Å²) < 4.78 is 0. The van der Waals surface area contributed by atoms with E-state index in [1.54, 1.807) is 0 Å². The van der Waals surface area contributed by atoms with E-state index in [9.17, 15) is 0 Å². The van der Waals surface area contributed by atoms with Crippen molar-refractivity contribution < 1.29 is 0 Å². The minimum absolute atomic E-state index is 1.07. The molecule has 0 saturated heterocycles. The van der Waals surface area contributed by atoms with Gasteiger partial charge in [-0.25, -0.2) is 0 Å². The fourth-order valence-electron chi connectivity index (χ4n) is 2.45. The van der Waals surface area contributed by atoms with Crippen LogP contribution in [-0.2, 0) is 0 Å². The highest BCUT2D eigenvalue weighted by Crippen LogP contribution is 2.20. The zero-order chi connectivity index (χ0) is 12.0. The summed E-state index contributed by atoms with van der Waals surface area (Å²) in [6.45, 7) is 10.5. The maximum atomic E-state index is 4.21. The Balaban J connectivity index is 2.77. The van der Waals surface area contributed by atoms with Gasteiger partial charge in [-0.1, -0.05) is 55.6 Å². The third-order valence-electron chi connectivity index (χ3n) is 3.45. The van der Waals surface area contributed by atoms with Crippen LogP contribution in [0.25, 0.3) is 34.7 Å². The van der Waals surface area contributed by atoms with Crippen LogP contribution in [0.2, 0.25) is 0 Å². The molecule has 0 unspecified atom stereocenters. The summed E-state index contributed by atoms with van der Waals surface area (Å²) in [6, 6.07) is 14.8. The van der Waals surface area contributed by atoms with E-state index in [1.807, 2.05) is 0 Å². The van der Waals surface area contributed by atoms with Crippen LogP contribution in [0, 0.1) is 6.92 Å². The van der Waals surface area contributed by atoms with Crippen molar-refractivity contribution in [3.8, 4) is 0 Å². The van der Waals surface area contributed by atoms with Crippen molar-refractivity contribution in [1.29, 1.82) is 0 Å². The Kier molecular flexibility index (Phi) is 2.05.